The molecule has 0 aromatic carbocycles. The van der Waals surface area contributed by atoms with E-state index in [9.17, 15) is 14.4 Å². The topological polar surface area (TPSA) is 190 Å². The maximum Gasteiger partial charge on any atom is 0.321 e. The van der Waals surface area contributed by atoms with E-state index in [1.807, 2.05) is 0 Å². The predicted octanol–water partition coefficient (Wildman–Crippen LogP) is -1.39. The number of hydrogen-bond donors (Lipinski definition) is 7. The van der Waals surface area contributed by atoms with Crippen molar-refractivity contribution in [3.63, 3.8) is 0 Å². The number of thiol groups is 1. The Bertz CT molecular complexity index is 321. The zero-order chi connectivity index (χ0) is 17.0. The molecule has 0 aromatic heterocycles. The van der Waals surface area contributed by atoms with E-state index in [-0.39, 0.29) is 12.2 Å². The van der Waals surface area contributed by atoms with Crippen molar-refractivity contribution in [3.8, 4) is 0 Å². The van der Waals surface area contributed by atoms with Crippen molar-refractivity contribution >= 4 is 42.3 Å². The third-order valence-corrected chi connectivity index (χ3v) is 3.19. The third-order valence-electron chi connectivity index (χ3n) is 1.89. The molecule has 0 amide bonds. The van der Waals surface area contributed by atoms with E-state index in [1.54, 1.807) is 0 Å². The Labute approximate surface area is 131 Å². The molecule has 0 aromatic rings. The Kier molecular flexibility index (Phi) is 13.5. The summed E-state index contributed by atoms with van der Waals surface area (Å²) >= 11 is 4.92. The first-order valence-corrected chi connectivity index (χ1v) is 7.45. The predicted molar refractivity (Wildman–Crippen MR) is 82.4 cm³/mol. The fourth-order valence-corrected chi connectivity index (χ4v) is 1.93. The van der Waals surface area contributed by atoms with Crippen molar-refractivity contribution in [1.29, 1.82) is 0 Å². The molecule has 0 bridgehead atoms. The number of hydrogen-bond acceptors (Lipinski definition) is 8. The lowest BCUT2D eigenvalue weighted by Crippen LogP contribution is -2.33. The van der Waals surface area contributed by atoms with Crippen LogP contribution in [0, 0.1) is 0 Å². The van der Waals surface area contributed by atoms with Crippen LogP contribution < -0.4 is 17.2 Å². The minimum absolute atomic E-state index is 0.0802. The van der Waals surface area contributed by atoms with Gasteiger partial charge >= 0.3 is 17.9 Å². The average molecular weight is 343 g/mol. The van der Waals surface area contributed by atoms with Gasteiger partial charge < -0.3 is 32.5 Å². The molecule has 21 heavy (non-hydrogen) atoms. The first-order chi connectivity index (χ1) is 9.57. The van der Waals surface area contributed by atoms with Crippen molar-refractivity contribution < 1.29 is 29.7 Å². The van der Waals surface area contributed by atoms with E-state index in [2.05, 4.69) is 12.6 Å². The maximum absolute atomic E-state index is 10.3. The van der Waals surface area contributed by atoms with Crippen LogP contribution in [-0.2, 0) is 14.4 Å². The molecular formula is C10H21N3O6S2. The van der Waals surface area contributed by atoms with Gasteiger partial charge in [0, 0.05) is 5.75 Å². The van der Waals surface area contributed by atoms with Gasteiger partial charge in [0.15, 0.2) is 0 Å². The molecule has 0 saturated carbocycles. The van der Waals surface area contributed by atoms with E-state index in [0.717, 1.165) is 0 Å². The van der Waals surface area contributed by atoms with E-state index >= 15 is 0 Å². The molecule has 0 rings (SSSR count). The van der Waals surface area contributed by atoms with Crippen LogP contribution in [0.3, 0.4) is 0 Å². The normalized spacial score (nSPS) is 14.3. The molecule has 0 heterocycles. The molecule has 9 nitrogen and oxygen atoms in total. The van der Waals surface area contributed by atoms with Crippen molar-refractivity contribution in [1.82, 2.24) is 0 Å². The van der Waals surface area contributed by atoms with Crippen LogP contribution in [-0.4, -0.2) is 62.2 Å². The fraction of sp³-hybridized carbons (Fsp3) is 0.700. The number of carboxylic acid groups (broad SMARTS) is 3. The van der Waals surface area contributed by atoms with Crippen LogP contribution in [0.2, 0.25) is 0 Å². The van der Waals surface area contributed by atoms with Crippen LogP contribution in [0.5, 0.6) is 0 Å². The van der Waals surface area contributed by atoms with Gasteiger partial charge in [-0.3, -0.25) is 14.4 Å². The van der Waals surface area contributed by atoms with E-state index in [0.29, 0.717) is 12.2 Å². The van der Waals surface area contributed by atoms with Crippen LogP contribution in [0.4, 0.5) is 0 Å². The second-order valence-corrected chi connectivity index (χ2v) is 5.73. The summed E-state index contributed by atoms with van der Waals surface area (Å²) in [6.07, 6.45) is 0.232. The van der Waals surface area contributed by atoms with Gasteiger partial charge in [0.25, 0.3) is 0 Å². The Morgan fingerprint density at radius 3 is 1.76 bits per heavy atom. The highest BCUT2D eigenvalue weighted by atomic mass is 32.2. The van der Waals surface area contributed by atoms with Crippen LogP contribution in [0.15, 0.2) is 0 Å². The van der Waals surface area contributed by atoms with Gasteiger partial charge in [-0.25, -0.2) is 0 Å². The summed E-state index contributed by atoms with van der Waals surface area (Å²) in [7, 11) is 0. The number of rotatable bonds is 9. The van der Waals surface area contributed by atoms with Crippen molar-refractivity contribution in [2.75, 3.05) is 11.5 Å². The summed E-state index contributed by atoms with van der Waals surface area (Å²) in [6, 6.07) is -1.79. The van der Waals surface area contributed by atoms with Gasteiger partial charge in [0.05, 0.1) is 11.8 Å². The third kappa shape index (κ3) is 16.9. The maximum atomic E-state index is 10.3. The molecule has 0 radical (unpaired) electrons. The second kappa shape index (κ2) is 12.7. The highest BCUT2D eigenvalue weighted by molar-refractivity contribution is 7.99. The number of nitrogens with two attached hydrogens (primary N) is 3. The Morgan fingerprint density at radius 1 is 1.00 bits per heavy atom. The van der Waals surface area contributed by atoms with Crippen molar-refractivity contribution in [2.45, 2.75) is 30.3 Å². The van der Waals surface area contributed by atoms with E-state index in [4.69, 9.17) is 32.5 Å². The van der Waals surface area contributed by atoms with Crippen molar-refractivity contribution in [3.05, 3.63) is 0 Å². The number of thioether (sulfide) groups is 1. The van der Waals surface area contributed by atoms with Gasteiger partial charge in [-0.1, -0.05) is 0 Å². The molecule has 0 aliphatic heterocycles. The Morgan fingerprint density at radius 2 is 1.48 bits per heavy atom. The van der Waals surface area contributed by atoms with Crippen LogP contribution >= 0.6 is 24.4 Å². The summed E-state index contributed by atoms with van der Waals surface area (Å²) in [5.41, 5.74) is 15.4. The number of aliphatic carboxylic acids is 3. The fourth-order valence-electron chi connectivity index (χ4n) is 0.794. The molecule has 124 valence electrons. The van der Waals surface area contributed by atoms with E-state index < -0.39 is 35.4 Å². The molecule has 1 unspecified atom stereocenters. The van der Waals surface area contributed by atoms with Crippen LogP contribution in [0.1, 0.15) is 12.8 Å². The zero-order valence-corrected chi connectivity index (χ0v) is 12.9. The largest absolute Gasteiger partial charge is 0.481 e. The lowest BCUT2D eigenvalue weighted by atomic mass is 10.2. The smallest absolute Gasteiger partial charge is 0.321 e. The molecular weight excluding hydrogens is 322 g/mol. The average Bonchev–Trinajstić information content (AvgIpc) is 2.32. The van der Waals surface area contributed by atoms with E-state index in [1.165, 1.54) is 11.8 Å². The molecule has 3 atom stereocenters. The van der Waals surface area contributed by atoms with Crippen molar-refractivity contribution in [2.24, 2.45) is 17.2 Å². The SMILES string of the molecule is NC(CSCC[C@H](N)C(=O)O)C(=O)O.N[C@H](S)CC(=O)O. The van der Waals surface area contributed by atoms with Crippen LogP contribution in [0.25, 0.3) is 0 Å². The molecule has 11 heteroatoms. The summed E-state index contributed by atoms with van der Waals surface area (Å²) in [4.78, 5) is 30.2. The Balaban J connectivity index is 0. The lowest BCUT2D eigenvalue weighted by Gasteiger charge is -2.07. The summed E-state index contributed by atoms with van der Waals surface area (Å²) in [5, 5.41) is 24.3. The molecule has 0 aliphatic carbocycles. The summed E-state index contributed by atoms with van der Waals surface area (Å²) in [6.45, 7) is 0. The van der Waals surface area contributed by atoms with Gasteiger partial charge in [-0.2, -0.15) is 24.4 Å². The van der Waals surface area contributed by atoms with Gasteiger partial charge in [-0.05, 0) is 12.2 Å². The monoisotopic (exact) mass is 343 g/mol. The van der Waals surface area contributed by atoms with Gasteiger partial charge in [-0.15, -0.1) is 0 Å². The summed E-state index contributed by atoms with van der Waals surface area (Å²) in [5.74, 6) is -2.26. The molecule has 0 spiro atoms. The Hall–Kier alpha value is -1.01. The molecule has 0 aliphatic rings. The number of carboxylic acids is 3. The summed E-state index contributed by atoms with van der Waals surface area (Å²) < 4.78 is 0. The minimum Gasteiger partial charge on any atom is -0.481 e. The first kappa shape index (κ1) is 22.3. The quantitative estimate of drug-likeness (QED) is 0.149. The zero-order valence-electron chi connectivity index (χ0n) is 11.2. The van der Waals surface area contributed by atoms with Gasteiger partial charge in [0.1, 0.15) is 12.1 Å². The minimum atomic E-state index is -1.06. The van der Waals surface area contributed by atoms with Gasteiger partial charge in [0.2, 0.25) is 0 Å². The highest BCUT2D eigenvalue weighted by Gasteiger charge is 2.13. The number of carbonyl (C=O) groups is 3. The second-order valence-electron chi connectivity index (χ2n) is 3.92. The lowest BCUT2D eigenvalue weighted by molar-refractivity contribution is -0.139. The molecule has 0 fully saturated rings. The molecule has 9 N–H and O–H groups in total. The first-order valence-electron chi connectivity index (χ1n) is 5.77. The highest BCUT2D eigenvalue weighted by Crippen LogP contribution is 2.05. The standard InChI is InChI=1S/C7H14N2O4S.C3H7NO2S/c8-4(6(10)11)1-2-14-3-5(9)7(12)13;4-2(7)1-3(5)6/h4-5H,1-3,8-9H2,(H,10,11)(H,12,13);2,7H,1,4H2,(H,5,6)/t4-,5?;2-/m01/s1. The molecule has 0 saturated heterocycles.